The van der Waals surface area contributed by atoms with Gasteiger partial charge >= 0.3 is 0 Å². The van der Waals surface area contributed by atoms with Gasteiger partial charge in [-0.2, -0.15) is 0 Å². The summed E-state index contributed by atoms with van der Waals surface area (Å²) in [6.07, 6.45) is 0.509. The maximum Gasteiger partial charge on any atom is 0.263 e. The highest BCUT2D eigenvalue weighted by atomic mass is 32.1. The van der Waals surface area contributed by atoms with E-state index in [0.29, 0.717) is 29.1 Å². The average Bonchev–Trinajstić information content (AvgIpc) is 3.14. The highest BCUT2D eigenvalue weighted by Crippen LogP contribution is 2.31. The van der Waals surface area contributed by atoms with E-state index in [1.165, 1.54) is 23.5 Å². The largest absolute Gasteiger partial charge is 0.384 e. The molecule has 4 rings (SSSR count). The third kappa shape index (κ3) is 3.61. The number of nitrogens with zero attached hydrogens (tertiary/aromatic N) is 2. The lowest BCUT2D eigenvalue weighted by atomic mass is 10.1. The van der Waals surface area contributed by atoms with Crippen molar-refractivity contribution < 1.29 is 9.13 Å². The Labute approximate surface area is 165 Å². The van der Waals surface area contributed by atoms with Crippen LogP contribution in [0.2, 0.25) is 0 Å². The molecule has 2 aromatic carbocycles. The molecule has 4 aromatic rings. The number of aromatic nitrogens is 2. The van der Waals surface area contributed by atoms with Crippen LogP contribution in [0.25, 0.3) is 21.3 Å². The molecule has 0 amide bonds. The number of rotatable bonds is 6. The normalized spacial score (nSPS) is 11.2. The zero-order valence-electron chi connectivity index (χ0n) is 15.4. The molecule has 0 radical (unpaired) electrons. The Kier molecular flexibility index (Phi) is 5.32. The van der Waals surface area contributed by atoms with Crippen molar-refractivity contribution in [1.82, 2.24) is 9.55 Å². The number of fused-ring (bicyclic) bond motifs is 1. The second-order valence-electron chi connectivity index (χ2n) is 6.49. The van der Waals surface area contributed by atoms with E-state index < -0.39 is 0 Å². The SMILES string of the molecule is COCCc1nc2scc(-c3ccccc3)c2c(=O)n1Cc1cccc(F)c1. The second-order valence-corrected chi connectivity index (χ2v) is 7.35. The Balaban J connectivity index is 1.89. The van der Waals surface area contributed by atoms with Crippen molar-refractivity contribution in [3.63, 3.8) is 0 Å². The molecule has 0 bridgehead atoms. The highest BCUT2D eigenvalue weighted by molar-refractivity contribution is 7.17. The summed E-state index contributed by atoms with van der Waals surface area (Å²) < 4.78 is 20.5. The Bertz CT molecular complexity index is 1170. The zero-order valence-corrected chi connectivity index (χ0v) is 16.2. The zero-order chi connectivity index (χ0) is 19.5. The predicted molar refractivity (Wildman–Crippen MR) is 110 cm³/mol. The first-order valence-corrected chi connectivity index (χ1v) is 9.85. The lowest BCUT2D eigenvalue weighted by Crippen LogP contribution is -2.26. The Morgan fingerprint density at radius 1 is 1.14 bits per heavy atom. The molecule has 0 N–H and O–H groups in total. The van der Waals surface area contributed by atoms with Gasteiger partial charge in [0.25, 0.3) is 5.56 Å². The van der Waals surface area contributed by atoms with E-state index >= 15 is 0 Å². The molecule has 6 heteroatoms. The minimum absolute atomic E-state index is 0.111. The molecule has 0 atom stereocenters. The molecule has 0 saturated carbocycles. The average molecular weight is 394 g/mol. The number of benzene rings is 2. The van der Waals surface area contributed by atoms with E-state index in [0.717, 1.165) is 16.7 Å². The summed E-state index contributed by atoms with van der Waals surface area (Å²) in [5.74, 6) is 0.323. The minimum Gasteiger partial charge on any atom is -0.384 e. The molecular weight excluding hydrogens is 375 g/mol. The van der Waals surface area contributed by atoms with Crippen molar-refractivity contribution in [1.29, 1.82) is 0 Å². The van der Waals surface area contributed by atoms with Crippen LogP contribution in [0.4, 0.5) is 4.39 Å². The van der Waals surface area contributed by atoms with Crippen LogP contribution in [0.15, 0.2) is 64.8 Å². The van der Waals surface area contributed by atoms with Gasteiger partial charge in [-0.1, -0.05) is 42.5 Å². The fraction of sp³-hybridized carbons (Fsp3) is 0.182. The molecule has 0 aliphatic heterocycles. The first-order chi connectivity index (χ1) is 13.7. The molecule has 28 heavy (non-hydrogen) atoms. The number of hydrogen-bond donors (Lipinski definition) is 0. The van der Waals surface area contributed by atoms with Crippen molar-refractivity contribution in [3.8, 4) is 11.1 Å². The van der Waals surface area contributed by atoms with E-state index in [2.05, 4.69) is 0 Å². The summed E-state index contributed by atoms with van der Waals surface area (Å²) in [6.45, 7) is 0.723. The van der Waals surface area contributed by atoms with E-state index in [-0.39, 0.29) is 17.9 Å². The van der Waals surface area contributed by atoms with Gasteiger partial charge in [0.15, 0.2) is 0 Å². The van der Waals surface area contributed by atoms with Gasteiger partial charge in [-0.15, -0.1) is 11.3 Å². The van der Waals surface area contributed by atoms with Crippen LogP contribution in [0.3, 0.4) is 0 Å². The second kappa shape index (κ2) is 8.04. The third-order valence-corrected chi connectivity index (χ3v) is 5.49. The van der Waals surface area contributed by atoms with Crippen LogP contribution in [0, 0.1) is 5.82 Å². The molecule has 0 aliphatic carbocycles. The van der Waals surface area contributed by atoms with E-state index in [9.17, 15) is 9.18 Å². The fourth-order valence-electron chi connectivity index (χ4n) is 3.26. The van der Waals surface area contributed by atoms with Gasteiger partial charge in [0.05, 0.1) is 18.5 Å². The maximum absolute atomic E-state index is 13.6. The van der Waals surface area contributed by atoms with Gasteiger partial charge in [-0.05, 0) is 23.3 Å². The summed E-state index contributed by atoms with van der Waals surface area (Å²) in [5, 5.41) is 2.58. The summed E-state index contributed by atoms with van der Waals surface area (Å²) >= 11 is 1.46. The number of hydrogen-bond acceptors (Lipinski definition) is 4. The number of methoxy groups -OCH3 is 1. The van der Waals surface area contributed by atoms with Crippen molar-refractivity contribution in [2.45, 2.75) is 13.0 Å². The number of ether oxygens (including phenoxy) is 1. The summed E-state index contributed by atoms with van der Waals surface area (Å²) in [7, 11) is 1.62. The Morgan fingerprint density at radius 2 is 1.96 bits per heavy atom. The minimum atomic E-state index is -0.321. The molecule has 0 unspecified atom stereocenters. The lowest BCUT2D eigenvalue weighted by molar-refractivity contribution is 0.199. The molecule has 4 nitrogen and oxygen atoms in total. The standard InChI is InChI=1S/C22H19FN2O2S/c1-27-11-10-19-24-21-20(18(14-28-21)16-7-3-2-4-8-16)22(26)25(19)13-15-6-5-9-17(23)12-15/h2-9,12,14H,10-11,13H2,1H3. The molecule has 0 spiro atoms. The first-order valence-electron chi connectivity index (χ1n) is 8.97. The van der Waals surface area contributed by atoms with Crippen LogP contribution in [0.1, 0.15) is 11.4 Å². The summed E-state index contributed by atoms with van der Waals surface area (Å²) in [6, 6.07) is 16.1. The van der Waals surface area contributed by atoms with Crippen molar-refractivity contribution in [3.05, 3.63) is 87.5 Å². The topological polar surface area (TPSA) is 44.1 Å². The van der Waals surface area contributed by atoms with Crippen molar-refractivity contribution in [2.75, 3.05) is 13.7 Å². The molecular formula is C22H19FN2O2S. The van der Waals surface area contributed by atoms with Gasteiger partial charge in [0.2, 0.25) is 0 Å². The summed E-state index contributed by atoms with van der Waals surface area (Å²) in [4.78, 5) is 18.9. The van der Waals surface area contributed by atoms with Crippen LogP contribution >= 0.6 is 11.3 Å². The molecule has 0 aliphatic rings. The van der Waals surface area contributed by atoms with Crippen LogP contribution in [-0.4, -0.2) is 23.3 Å². The van der Waals surface area contributed by atoms with E-state index in [4.69, 9.17) is 9.72 Å². The molecule has 142 valence electrons. The monoisotopic (exact) mass is 394 g/mol. The van der Waals surface area contributed by atoms with Crippen molar-refractivity contribution in [2.24, 2.45) is 0 Å². The van der Waals surface area contributed by atoms with Gasteiger partial charge in [-0.3, -0.25) is 9.36 Å². The summed E-state index contributed by atoms with van der Waals surface area (Å²) in [5.41, 5.74) is 2.47. The van der Waals surface area contributed by atoms with Gasteiger partial charge in [-0.25, -0.2) is 9.37 Å². The maximum atomic E-state index is 13.6. The quantitative estimate of drug-likeness (QED) is 0.484. The van der Waals surface area contributed by atoms with Crippen LogP contribution in [-0.2, 0) is 17.7 Å². The first kappa shape index (κ1) is 18.5. The van der Waals surface area contributed by atoms with Gasteiger partial charge in [0.1, 0.15) is 16.5 Å². The number of thiophene rings is 1. The predicted octanol–water partition coefficient (Wildman–Crippen LogP) is 4.50. The smallest absolute Gasteiger partial charge is 0.263 e. The Hall–Kier alpha value is -2.83. The molecule has 0 saturated heterocycles. The highest BCUT2D eigenvalue weighted by Gasteiger charge is 2.17. The van der Waals surface area contributed by atoms with Crippen LogP contribution in [0.5, 0.6) is 0 Å². The number of halogens is 1. The van der Waals surface area contributed by atoms with Crippen molar-refractivity contribution >= 4 is 21.6 Å². The molecule has 2 aromatic heterocycles. The van der Waals surface area contributed by atoms with E-state index in [1.807, 2.05) is 41.8 Å². The van der Waals surface area contributed by atoms with Crippen LogP contribution < -0.4 is 5.56 Å². The van der Waals surface area contributed by atoms with Gasteiger partial charge < -0.3 is 4.74 Å². The Morgan fingerprint density at radius 3 is 2.71 bits per heavy atom. The fourth-order valence-corrected chi connectivity index (χ4v) is 4.22. The lowest BCUT2D eigenvalue weighted by Gasteiger charge is -2.13. The third-order valence-electron chi connectivity index (χ3n) is 4.62. The van der Waals surface area contributed by atoms with Gasteiger partial charge in [0, 0.05) is 24.5 Å². The van der Waals surface area contributed by atoms with E-state index in [1.54, 1.807) is 17.7 Å². The molecule has 0 fully saturated rings. The molecule has 2 heterocycles.